The first kappa shape index (κ1) is 24.3. The molecule has 174 valence electrons. The van der Waals surface area contributed by atoms with Gasteiger partial charge in [-0.3, -0.25) is 9.52 Å². The highest BCUT2D eigenvalue weighted by molar-refractivity contribution is 7.92. The minimum Gasteiger partial charge on any atom is -0.374 e. The van der Waals surface area contributed by atoms with Crippen LogP contribution >= 0.6 is 0 Å². The van der Waals surface area contributed by atoms with Gasteiger partial charge in [0.15, 0.2) is 11.6 Å². The zero-order valence-electron chi connectivity index (χ0n) is 18.1. The average Bonchev–Trinajstić information content (AvgIpc) is 2.78. The Bertz CT molecular complexity index is 1230. The van der Waals surface area contributed by atoms with E-state index in [2.05, 4.69) is 10.0 Å². The molecule has 0 bridgehead atoms. The van der Waals surface area contributed by atoms with E-state index in [9.17, 15) is 22.0 Å². The molecular weight excluding hydrogens is 450 g/mol. The van der Waals surface area contributed by atoms with Crippen molar-refractivity contribution in [2.24, 2.45) is 0 Å². The van der Waals surface area contributed by atoms with Crippen LogP contribution in [0.3, 0.4) is 0 Å². The molecular formula is C24H24F2N2O4S. The van der Waals surface area contributed by atoms with Gasteiger partial charge in [-0.1, -0.05) is 24.3 Å². The lowest BCUT2D eigenvalue weighted by molar-refractivity contribution is 0.0651. The quantitative estimate of drug-likeness (QED) is 0.474. The molecule has 3 rings (SSSR count). The fourth-order valence-corrected chi connectivity index (χ4v) is 4.02. The number of ether oxygens (including phenoxy) is 1. The number of nitrogens with one attached hydrogen (secondary N) is 2. The Balaban J connectivity index is 1.63. The maximum Gasteiger partial charge on any atom is 0.261 e. The van der Waals surface area contributed by atoms with Crippen LogP contribution in [0.2, 0.25) is 0 Å². The van der Waals surface area contributed by atoms with Crippen LogP contribution < -0.4 is 10.0 Å². The van der Waals surface area contributed by atoms with Crippen LogP contribution in [0.15, 0.2) is 71.6 Å². The third-order valence-corrected chi connectivity index (χ3v) is 6.11. The van der Waals surface area contributed by atoms with Crippen molar-refractivity contribution in [3.05, 3.63) is 95.1 Å². The first-order valence-corrected chi connectivity index (χ1v) is 11.7. The van der Waals surface area contributed by atoms with Crippen LogP contribution in [-0.4, -0.2) is 20.4 Å². The van der Waals surface area contributed by atoms with E-state index < -0.39 is 26.6 Å². The van der Waals surface area contributed by atoms with Gasteiger partial charge in [0.1, 0.15) is 0 Å². The number of anilines is 1. The highest BCUT2D eigenvalue weighted by Gasteiger charge is 2.17. The molecule has 0 atom stereocenters. The van der Waals surface area contributed by atoms with E-state index >= 15 is 0 Å². The van der Waals surface area contributed by atoms with Crippen molar-refractivity contribution < 1.29 is 26.7 Å². The largest absolute Gasteiger partial charge is 0.374 e. The maximum absolute atomic E-state index is 13.4. The molecule has 9 heteroatoms. The second kappa shape index (κ2) is 10.5. The highest BCUT2D eigenvalue weighted by atomic mass is 32.2. The van der Waals surface area contributed by atoms with Crippen molar-refractivity contribution in [3.63, 3.8) is 0 Å². The van der Waals surface area contributed by atoms with Gasteiger partial charge in [-0.25, -0.2) is 17.2 Å². The monoisotopic (exact) mass is 474 g/mol. The molecule has 6 nitrogen and oxygen atoms in total. The topological polar surface area (TPSA) is 84.5 Å². The Morgan fingerprint density at radius 3 is 2.24 bits per heavy atom. The standard InChI is InChI=1S/C24H24F2N2O4S/c1-16(2)32-15-19-6-4-3-5-18(19)14-27-24(29)17-7-9-20(10-8-17)28-33(30,31)21-11-12-22(25)23(26)13-21/h3-13,16,28H,14-15H2,1-2H3,(H,27,29). The normalized spacial score (nSPS) is 11.4. The lowest BCUT2D eigenvalue weighted by atomic mass is 10.1. The summed E-state index contributed by atoms with van der Waals surface area (Å²) in [7, 11) is -4.12. The van der Waals surface area contributed by atoms with Crippen molar-refractivity contribution in [2.75, 3.05) is 4.72 Å². The lowest BCUT2D eigenvalue weighted by Crippen LogP contribution is -2.23. The number of benzene rings is 3. The number of halogens is 2. The number of rotatable bonds is 9. The number of hydrogen-bond donors (Lipinski definition) is 2. The molecule has 0 saturated carbocycles. The summed E-state index contributed by atoms with van der Waals surface area (Å²) in [4.78, 5) is 12.1. The predicted octanol–water partition coefficient (Wildman–Crippen LogP) is 4.62. The van der Waals surface area contributed by atoms with E-state index in [1.807, 2.05) is 38.1 Å². The van der Waals surface area contributed by atoms with Gasteiger partial charge in [0, 0.05) is 17.8 Å². The summed E-state index contributed by atoms with van der Waals surface area (Å²) < 4.78 is 59.1. The number of carbonyl (C=O) groups excluding carboxylic acids is 1. The summed E-state index contributed by atoms with van der Waals surface area (Å²) in [6.45, 7) is 4.65. The molecule has 0 radical (unpaired) electrons. The molecule has 3 aromatic rings. The molecule has 0 aliphatic carbocycles. The maximum atomic E-state index is 13.4. The smallest absolute Gasteiger partial charge is 0.261 e. The number of hydrogen-bond acceptors (Lipinski definition) is 4. The van der Waals surface area contributed by atoms with E-state index in [1.54, 1.807) is 0 Å². The van der Waals surface area contributed by atoms with Crippen molar-refractivity contribution in [2.45, 2.75) is 38.0 Å². The van der Waals surface area contributed by atoms with Crippen LogP contribution in [0.25, 0.3) is 0 Å². The molecule has 1 amide bonds. The first-order chi connectivity index (χ1) is 15.7. The van der Waals surface area contributed by atoms with E-state index in [0.717, 1.165) is 23.3 Å². The van der Waals surface area contributed by atoms with Gasteiger partial charge in [0.2, 0.25) is 0 Å². The minimum atomic E-state index is -4.12. The molecule has 33 heavy (non-hydrogen) atoms. The molecule has 0 spiro atoms. The summed E-state index contributed by atoms with van der Waals surface area (Å²) in [6, 6.07) is 15.7. The Kier molecular flexibility index (Phi) is 7.78. The van der Waals surface area contributed by atoms with Crippen LogP contribution in [0.5, 0.6) is 0 Å². The van der Waals surface area contributed by atoms with E-state index in [1.165, 1.54) is 24.3 Å². The van der Waals surface area contributed by atoms with Gasteiger partial charge >= 0.3 is 0 Å². The molecule has 2 N–H and O–H groups in total. The molecule has 0 saturated heterocycles. The summed E-state index contributed by atoms with van der Waals surface area (Å²) in [5.41, 5.74) is 2.42. The fourth-order valence-electron chi connectivity index (χ4n) is 2.95. The molecule has 0 heterocycles. The Hall–Kier alpha value is -3.30. The predicted molar refractivity (Wildman–Crippen MR) is 121 cm³/mol. The van der Waals surface area contributed by atoms with E-state index in [4.69, 9.17) is 4.74 Å². The summed E-state index contributed by atoms with van der Waals surface area (Å²) in [6.07, 6.45) is 0.0886. The Labute approximate surface area is 191 Å². The molecule has 0 aliphatic heterocycles. The van der Waals surface area contributed by atoms with E-state index in [0.29, 0.717) is 24.8 Å². The van der Waals surface area contributed by atoms with Gasteiger partial charge in [-0.05, 0) is 67.4 Å². The van der Waals surface area contributed by atoms with E-state index in [-0.39, 0.29) is 17.7 Å². The van der Waals surface area contributed by atoms with Gasteiger partial charge in [0.05, 0.1) is 17.6 Å². The minimum absolute atomic E-state index is 0.0886. The first-order valence-electron chi connectivity index (χ1n) is 10.2. The molecule has 0 aliphatic rings. The number of carbonyl (C=O) groups is 1. The third-order valence-electron chi connectivity index (χ3n) is 4.73. The average molecular weight is 475 g/mol. The van der Waals surface area contributed by atoms with Gasteiger partial charge in [-0.15, -0.1) is 0 Å². The zero-order valence-corrected chi connectivity index (χ0v) is 19.0. The summed E-state index contributed by atoms with van der Waals surface area (Å²) in [5.74, 6) is -2.73. The Morgan fingerprint density at radius 2 is 1.61 bits per heavy atom. The fraction of sp³-hybridized carbons (Fsp3) is 0.208. The second-order valence-electron chi connectivity index (χ2n) is 7.57. The molecule has 0 fully saturated rings. The summed E-state index contributed by atoms with van der Waals surface area (Å²) in [5, 5.41) is 2.84. The van der Waals surface area contributed by atoms with Crippen LogP contribution in [-0.2, 0) is 27.9 Å². The molecule has 0 unspecified atom stereocenters. The van der Waals surface area contributed by atoms with Crippen molar-refractivity contribution >= 4 is 21.6 Å². The van der Waals surface area contributed by atoms with Gasteiger partial charge in [0.25, 0.3) is 15.9 Å². The highest BCUT2D eigenvalue weighted by Crippen LogP contribution is 2.19. The third kappa shape index (κ3) is 6.59. The summed E-state index contributed by atoms with van der Waals surface area (Å²) >= 11 is 0. The van der Waals surface area contributed by atoms with Crippen molar-refractivity contribution in [3.8, 4) is 0 Å². The number of amides is 1. The second-order valence-corrected chi connectivity index (χ2v) is 9.25. The lowest BCUT2D eigenvalue weighted by Gasteiger charge is -2.13. The van der Waals surface area contributed by atoms with Gasteiger partial charge in [-0.2, -0.15) is 0 Å². The van der Waals surface area contributed by atoms with Crippen LogP contribution in [0.1, 0.15) is 35.3 Å². The molecule has 0 aromatic heterocycles. The van der Waals surface area contributed by atoms with Crippen LogP contribution in [0.4, 0.5) is 14.5 Å². The van der Waals surface area contributed by atoms with Crippen molar-refractivity contribution in [1.82, 2.24) is 5.32 Å². The van der Waals surface area contributed by atoms with Crippen LogP contribution in [0, 0.1) is 11.6 Å². The number of sulfonamides is 1. The zero-order chi connectivity index (χ0) is 24.0. The Morgan fingerprint density at radius 1 is 0.939 bits per heavy atom. The SMILES string of the molecule is CC(C)OCc1ccccc1CNC(=O)c1ccc(NS(=O)(=O)c2ccc(F)c(F)c2)cc1. The van der Waals surface area contributed by atoms with Gasteiger partial charge < -0.3 is 10.1 Å². The van der Waals surface area contributed by atoms with Crippen molar-refractivity contribution in [1.29, 1.82) is 0 Å². The molecule has 3 aromatic carbocycles.